The van der Waals surface area contributed by atoms with Crippen LogP contribution in [0.15, 0.2) is 16.7 Å². The number of nitrogens with one attached hydrogen (secondary N) is 1. The van der Waals surface area contributed by atoms with Crippen molar-refractivity contribution in [2.24, 2.45) is 11.3 Å². The maximum absolute atomic E-state index is 11.6. The normalized spacial score (nSPS) is 11.9. The second-order valence-electron chi connectivity index (χ2n) is 5.03. The molecule has 0 saturated carbocycles. The number of hydrogen-bond acceptors (Lipinski definition) is 4. The summed E-state index contributed by atoms with van der Waals surface area (Å²) < 4.78 is 5.24. The van der Waals surface area contributed by atoms with Gasteiger partial charge in [-0.25, -0.2) is 5.84 Å². The highest BCUT2D eigenvalue weighted by Gasteiger charge is 2.28. The summed E-state index contributed by atoms with van der Waals surface area (Å²) in [5.74, 6) is 5.92. The number of nitrogens with two attached hydrogens (primary N) is 1. The van der Waals surface area contributed by atoms with Crippen LogP contribution in [0.1, 0.15) is 25.2 Å². The van der Waals surface area contributed by atoms with Crippen LogP contribution in [0, 0.1) is 12.3 Å². The van der Waals surface area contributed by atoms with Crippen LogP contribution in [0.2, 0.25) is 0 Å². The fourth-order valence-electron chi connectivity index (χ4n) is 1.86. The Hall–Kier alpha value is -1.33. The molecule has 0 saturated heterocycles. The minimum absolute atomic E-state index is 0.159. The Balaban J connectivity index is 2.58. The molecule has 0 aliphatic heterocycles. The van der Waals surface area contributed by atoms with Gasteiger partial charge < -0.3 is 9.32 Å². The molecule has 0 atom stereocenters. The van der Waals surface area contributed by atoms with Gasteiger partial charge in [-0.15, -0.1) is 0 Å². The summed E-state index contributed by atoms with van der Waals surface area (Å²) in [4.78, 5) is 13.6. The van der Waals surface area contributed by atoms with Crippen molar-refractivity contribution in [3.63, 3.8) is 0 Å². The molecule has 17 heavy (non-hydrogen) atoms. The third-order valence-corrected chi connectivity index (χ3v) is 2.82. The number of hydrazine groups is 1. The van der Waals surface area contributed by atoms with Gasteiger partial charge in [0.15, 0.2) is 0 Å². The van der Waals surface area contributed by atoms with Gasteiger partial charge in [-0.1, -0.05) is 0 Å². The molecule has 1 amide bonds. The third-order valence-electron chi connectivity index (χ3n) is 2.82. The SMILES string of the molecule is Cc1occc1CN(C)CC(C)(C)C(=O)NN. The molecule has 0 unspecified atom stereocenters. The van der Waals surface area contributed by atoms with E-state index < -0.39 is 5.41 Å². The predicted molar refractivity (Wildman–Crippen MR) is 65.9 cm³/mol. The van der Waals surface area contributed by atoms with Gasteiger partial charge in [0, 0.05) is 18.7 Å². The smallest absolute Gasteiger partial charge is 0.240 e. The number of carbonyl (C=O) groups is 1. The van der Waals surface area contributed by atoms with E-state index in [2.05, 4.69) is 10.3 Å². The molecule has 0 spiro atoms. The predicted octanol–water partition coefficient (Wildman–Crippen LogP) is 1.04. The molecule has 1 aromatic heterocycles. The van der Waals surface area contributed by atoms with Crippen LogP contribution in [-0.2, 0) is 11.3 Å². The molecule has 0 fully saturated rings. The minimum Gasteiger partial charge on any atom is -0.469 e. The maximum Gasteiger partial charge on any atom is 0.240 e. The molecular weight excluding hydrogens is 218 g/mol. The van der Waals surface area contributed by atoms with Crippen molar-refractivity contribution in [2.75, 3.05) is 13.6 Å². The molecule has 96 valence electrons. The summed E-state index contributed by atoms with van der Waals surface area (Å²) in [5, 5.41) is 0. The number of amides is 1. The topological polar surface area (TPSA) is 71.5 Å². The fraction of sp³-hybridized carbons (Fsp3) is 0.583. The van der Waals surface area contributed by atoms with Crippen LogP contribution in [0.25, 0.3) is 0 Å². The van der Waals surface area contributed by atoms with E-state index in [1.807, 2.05) is 33.9 Å². The highest BCUT2D eigenvalue weighted by atomic mass is 16.3. The Bertz CT molecular complexity index is 385. The lowest BCUT2D eigenvalue weighted by Gasteiger charge is -2.28. The van der Waals surface area contributed by atoms with Crippen LogP contribution in [0.5, 0.6) is 0 Å². The Morgan fingerprint density at radius 1 is 1.59 bits per heavy atom. The average Bonchev–Trinajstić information content (AvgIpc) is 2.62. The first-order valence-electron chi connectivity index (χ1n) is 5.59. The Kier molecular flexibility index (Phi) is 4.31. The van der Waals surface area contributed by atoms with Crippen molar-refractivity contribution in [3.05, 3.63) is 23.7 Å². The standard InChI is InChI=1S/C12H21N3O2/c1-9-10(5-6-17-9)7-15(4)8-12(2,3)11(16)14-13/h5-6H,7-8,13H2,1-4H3,(H,14,16). The minimum atomic E-state index is -0.513. The van der Waals surface area contributed by atoms with Crippen molar-refractivity contribution in [3.8, 4) is 0 Å². The third kappa shape index (κ3) is 3.57. The van der Waals surface area contributed by atoms with E-state index in [9.17, 15) is 4.79 Å². The van der Waals surface area contributed by atoms with Gasteiger partial charge >= 0.3 is 0 Å². The zero-order chi connectivity index (χ0) is 13.1. The first kappa shape index (κ1) is 13.7. The Morgan fingerprint density at radius 2 is 2.24 bits per heavy atom. The van der Waals surface area contributed by atoms with Crippen molar-refractivity contribution in [1.29, 1.82) is 0 Å². The molecule has 0 aromatic carbocycles. The van der Waals surface area contributed by atoms with Gasteiger partial charge in [-0.3, -0.25) is 10.2 Å². The molecule has 5 nitrogen and oxygen atoms in total. The zero-order valence-electron chi connectivity index (χ0n) is 10.9. The number of nitrogens with zero attached hydrogens (tertiary/aromatic N) is 1. The molecule has 1 rings (SSSR count). The fourth-order valence-corrected chi connectivity index (χ4v) is 1.86. The molecule has 0 aliphatic rings. The van der Waals surface area contributed by atoms with Crippen LogP contribution in [0.3, 0.4) is 0 Å². The van der Waals surface area contributed by atoms with Crippen molar-refractivity contribution in [2.45, 2.75) is 27.3 Å². The highest BCUT2D eigenvalue weighted by molar-refractivity contribution is 5.81. The average molecular weight is 239 g/mol. The quantitative estimate of drug-likeness (QED) is 0.457. The number of hydrogen-bond donors (Lipinski definition) is 2. The lowest BCUT2D eigenvalue weighted by Crippen LogP contribution is -2.46. The van der Waals surface area contributed by atoms with Crippen LogP contribution in [0.4, 0.5) is 0 Å². The van der Waals surface area contributed by atoms with Gasteiger partial charge in [0.1, 0.15) is 5.76 Å². The summed E-state index contributed by atoms with van der Waals surface area (Å²) >= 11 is 0. The van der Waals surface area contributed by atoms with E-state index in [1.54, 1.807) is 6.26 Å². The van der Waals surface area contributed by atoms with Crippen molar-refractivity contribution >= 4 is 5.91 Å². The highest BCUT2D eigenvalue weighted by Crippen LogP contribution is 2.18. The second-order valence-corrected chi connectivity index (χ2v) is 5.03. The Morgan fingerprint density at radius 3 is 2.71 bits per heavy atom. The zero-order valence-corrected chi connectivity index (χ0v) is 10.9. The molecular formula is C12H21N3O2. The number of carbonyl (C=O) groups excluding carboxylic acids is 1. The first-order valence-corrected chi connectivity index (χ1v) is 5.59. The first-order chi connectivity index (χ1) is 7.86. The van der Waals surface area contributed by atoms with E-state index in [0.717, 1.165) is 17.9 Å². The van der Waals surface area contributed by atoms with Crippen molar-refractivity contribution < 1.29 is 9.21 Å². The molecule has 0 aliphatic carbocycles. The van der Waals surface area contributed by atoms with Gasteiger partial charge in [-0.05, 0) is 33.9 Å². The summed E-state index contributed by atoms with van der Waals surface area (Å²) in [5.41, 5.74) is 2.82. The number of furan rings is 1. The molecule has 0 radical (unpaired) electrons. The van der Waals surface area contributed by atoms with Crippen LogP contribution >= 0.6 is 0 Å². The molecule has 3 N–H and O–H groups in total. The van der Waals surface area contributed by atoms with Crippen LogP contribution in [-0.4, -0.2) is 24.4 Å². The van der Waals surface area contributed by atoms with Gasteiger partial charge in [0.25, 0.3) is 0 Å². The summed E-state index contributed by atoms with van der Waals surface area (Å²) in [6.07, 6.45) is 1.68. The summed E-state index contributed by atoms with van der Waals surface area (Å²) in [7, 11) is 1.97. The van der Waals surface area contributed by atoms with Gasteiger partial charge in [0.05, 0.1) is 11.7 Å². The van der Waals surface area contributed by atoms with Crippen LogP contribution < -0.4 is 11.3 Å². The van der Waals surface area contributed by atoms with Gasteiger partial charge in [0.2, 0.25) is 5.91 Å². The van der Waals surface area contributed by atoms with E-state index in [0.29, 0.717) is 6.54 Å². The Labute approximate surface area is 102 Å². The van der Waals surface area contributed by atoms with E-state index >= 15 is 0 Å². The monoisotopic (exact) mass is 239 g/mol. The largest absolute Gasteiger partial charge is 0.469 e. The molecule has 1 aromatic rings. The number of rotatable bonds is 5. The lowest BCUT2D eigenvalue weighted by atomic mass is 9.92. The lowest BCUT2D eigenvalue weighted by molar-refractivity contribution is -0.130. The van der Waals surface area contributed by atoms with E-state index in [-0.39, 0.29) is 5.91 Å². The van der Waals surface area contributed by atoms with Crippen molar-refractivity contribution in [1.82, 2.24) is 10.3 Å². The molecule has 1 heterocycles. The summed E-state index contributed by atoms with van der Waals surface area (Å²) in [6, 6.07) is 1.95. The number of aryl methyl sites for hydroxylation is 1. The molecule has 5 heteroatoms. The van der Waals surface area contributed by atoms with Gasteiger partial charge in [-0.2, -0.15) is 0 Å². The van der Waals surface area contributed by atoms with E-state index in [4.69, 9.17) is 10.3 Å². The molecule has 0 bridgehead atoms. The van der Waals surface area contributed by atoms with E-state index in [1.165, 1.54) is 0 Å². The maximum atomic E-state index is 11.6. The second kappa shape index (κ2) is 5.33. The summed E-state index contributed by atoms with van der Waals surface area (Å²) in [6.45, 7) is 7.05.